The van der Waals surface area contributed by atoms with E-state index >= 15 is 0 Å². The van der Waals surface area contributed by atoms with Crippen LogP contribution in [0.15, 0.2) is 0 Å². The highest BCUT2D eigenvalue weighted by molar-refractivity contribution is 8.02. The summed E-state index contributed by atoms with van der Waals surface area (Å²) in [6.07, 6.45) is 5.64. The first kappa shape index (κ1) is 7.46. The van der Waals surface area contributed by atoms with E-state index in [1.807, 2.05) is 0 Å². The summed E-state index contributed by atoms with van der Waals surface area (Å²) >= 11 is 2.10. The summed E-state index contributed by atoms with van der Waals surface area (Å²) in [6, 6.07) is 0. The third-order valence-corrected chi connectivity index (χ3v) is 3.41. The SMILES string of the molecule is CC[C](C)SC1CCC1. The summed E-state index contributed by atoms with van der Waals surface area (Å²) in [7, 11) is 0. The van der Waals surface area contributed by atoms with Gasteiger partial charge in [0.05, 0.1) is 0 Å². The lowest BCUT2D eigenvalue weighted by Gasteiger charge is -2.26. The predicted octanol–water partition coefficient (Wildman–Crippen LogP) is 3.23. The highest BCUT2D eigenvalue weighted by Crippen LogP contribution is 2.37. The molecule has 0 nitrogen and oxygen atoms in total. The van der Waals surface area contributed by atoms with Crippen molar-refractivity contribution in [3.63, 3.8) is 0 Å². The van der Waals surface area contributed by atoms with Gasteiger partial charge in [0, 0.05) is 10.5 Å². The van der Waals surface area contributed by atoms with E-state index in [-0.39, 0.29) is 0 Å². The van der Waals surface area contributed by atoms with Gasteiger partial charge >= 0.3 is 0 Å². The van der Waals surface area contributed by atoms with Crippen LogP contribution >= 0.6 is 11.8 Å². The molecule has 0 unspecified atom stereocenters. The zero-order valence-electron chi connectivity index (χ0n) is 6.31. The van der Waals surface area contributed by atoms with E-state index in [9.17, 15) is 0 Å². The Hall–Kier alpha value is 0.350. The maximum Gasteiger partial charge on any atom is 0.0276 e. The normalized spacial score (nSPS) is 20.3. The van der Waals surface area contributed by atoms with Crippen LogP contribution in [0.2, 0.25) is 0 Å². The van der Waals surface area contributed by atoms with Crippen molar-refractivity contribution in [2.24, 2.45) is 0 Å². The average Bonchev–Trinajstić information content (AvgIpc) is 1.78. The maximum absolute atomic E-state index is 2.25. The number of rotatable bonds is 3. The largest absolute Gasteiger partial charge is 0.151 e. The first-order valence-corrected chi connectivity index (χ1v) is 4.70. The Kier molecular flexibility index (Phi) is 2.90. The second-order valence-corrected chi connectivity index (χ2v) is 4.33. The standard InChI is InChI=1S/C8H15S/c1-3-7(2)9-8-5-4-6-8/h8H,3-6H2,1-2H3. The van der Waals surface area contributed by atoms with E-state index in [0.717, 1.165) is 5.25 Å². The summed E-state index contributed by atoms with van der Waals surface area (Å²) < 4.78 is 0. The Morgan fingerprint density at radius 2 is 2.22 bits per heavy atom. The number of hydrogen-bond donors (Lipinski definition) is 0. The average molecular weight is 143 g/mol. The van der Waals surface area contributed by atoms with Gasteiger partial charge in [0.15, 0.2) is 0 Å². The summed E-state index contributed by atoms with van der Waals surface area (Å²) in [4.78, 5) is 0. The molecule has 0 heterocycles. The van der Waals surface area contributed by atoms with Crippen LogP contribution in [0.4, 0.5) is 0 Å². The van der Waals surface area contributed by atoms with Crippen molar-refractivity contribution in [2.45, 2.75) is 44.8 Å². The lowest BCUT2D eigenvalue weighted by molar-refractivity contribution is 0.522. The fraction of sp³-hybridized carbons (Fsp3) is 0.875. The van der Waals surface area contributed by atoms with Gasteiger partial charge in [0.25, 0.3) is 0 Å². The van der Waals surface area contributed by atoms with Gasteiger partial charge in [-0.2, -0.15) is 11.8 Å². The second kappa shape index (κ2) is 3.50. The van der Waals surface area contributed by atoms with Crippen molar-refractivity contribution in [1.82, 2.24) is 0 Å². The van der Waals surface area contributed by atoms with Gasteiger partial charge < -0.3 is 0 Å². The molecule has 0 amide bonds. The molecule has 0 aromatic heterocycles. The third kappa shape index (κ3) is 2.21. The minimum absolute atomic E-state index is 0.991. The molecule has 0 aromatic carbocycles. The highest BCUT2D eigenvalue weighted by Gasteiger charge is 2.19. The van der Waals surface area contributed by atoms with Gasteiger partial charge in [0.2, 0.25) is 0 Å². The van der Waals surface area contributed by atoms with E-state index in [2.05, 4.69) is 25.6 Å². The zero-order valence-corrected chi connectivity index (χ0v) is 7.13. The molecule has 1 fully saturated rings. The first-order chi connectivity index (χ1) is 4.33. The van der Waals surface area contributed by atoms with Crippen LogP contribution in [0.5, 0.6) is 0 Å². The van der Waals surface area contributed by atoms with Gasteiger partial charge in [-0.05, 0) is 26.2 Å². The van der Waals surface area contributed by atoms with Crippen molar-refractivity contribution in [3.05, 3.63) is 5.25 Å². The summed E-state index contributed by atoms with van der Waals surface area (Å²) in [6.45, 7) is 4.49. The molecule has 0 aromatic rings. The lowest BCUT2D eigenvalue weighted by atomic mass is 10.00. The summed E-state index contributed by atoms with van der Waals surface area (Å²) in [5.74, 6) is 0. The smallest absolute Gasteiger partial charge is 0.0276 e. The highest BCUT2D eigenvalue weighted by atomic mass is 32.2. The molecule has 0 saturated heterocycles. The fourth-order valence-electron chi connectivity index (χ4n) is 0.856. The molecule has 0 bridgehead atoms. The number of thioether (sulfide) groups is 1. The van der Waals surface area contributed by atoms with Gasteiger partial charge in [-0.25, -0.2) is 0 Å². The van der Waals surface area contributed by atoms with Gasteiger partial charge in [-0.15, -0.1) is 0 Å². The molecule has 0 atom stereocenters. The van der Waals surface area contributed by atoms with Crippen LogP contribution in [0, 0.1) is 5.25 Å². The molecule has 0 spiro atoms. The molecule has 1 aliphatic rings. The topological polar surface area (TPSA) is 0 Å². The van der Waals surface area contributed by atoms with Gasteiger partial charge in [0.1, 0.15) is 0 Å². The van der Waals surface area contributed by atoms with Crippen molar-refractivity contribution in [1.29, 1.82) is 0 Å². The molecule has 1 heteroatoms. The van der Waals surface area contributed by atoms with Crippen LogP contribution in [0.25, 0.3) is 0 Å². The molecule has 1 radical (unpaired) electrons. The molecule has 9 heavy (non-hydrogen) atoms. The van der Waals surface area contributed by atoms with E-state index in [1.165, 1.54) is 25.7 Å². The Morgan fingerprint density at radius 3 is 2.56 bits per heavy atom. The molecule has 1 rings (SSSR count). The van der Waals surface area contributed by atoms with Crippen LogP contribution in [-0.2, 0) is 0 Å². The Balaban J connectivity index is 2.01. The quantitative estimate of drug-likeness (QED) is 0.584. The molecule has 1 saturated carbocycles. The zero-order chi connectivity index (χ0) is 6.69. The minimum Gasteiger partial charge on any atom is -0.151 e. The third-order valence-electron chi connectivity index (χ3n) is 1.92. The maximum atomic E-state index is 2.25. The van der Waals surface area contributed by atoms with E-state index in [0.29, 0.717) is 0 Å². The lowest BCUT2D eigenvalue weighted by Crippen LogP contribution is -2.14. The van der Waals surface area contributed by atoms with Crippen molar-refractivity contribution in [2.75, 3.05) is 0 Å². The van der Waals surface area contributed by atoms with Gasteiger partial charge in [-0.1, -0.05) is 13.3 Å². The monoisotopic (exact) mass is 143 g/mol. The minimum atomic E-state index is 0.991. The Morgan fingerprint density at radius 1 is 1.56 bits per heavy atom. The summed E-state index contributed by atoms with van der Waals surface area (Å²) in [5, 5.41) is 2.60. The van der Waals surface area contributed by atoms with Crippen LogP contribution in [0.3, 0.4) is 0 Å². The predicted molar refractivity (Wildman–Crippen MR) is 44.4 cm³/mol. The van der Waals surface area contributed by atoms with Gasteiger partial charge in [-0.3, -0.25) is 0 Å². The fourth-order valence-corrected chi connectivity index (χ4v) is 2.16. The van der Waals surface area contributed by atoms with Crippen LogP contribution < -0.4 is 0 Å². The molecule has 1 aliphatic carbocycles. The van der Waals surface area contributed by atoms with Crippen molar-refractivity contribution < 1.29 is 0 Å². The van der Waals surface area contributed by atoms with Crippen molar-refractivity contribution >= 4 is 11.8 Å². The van der Waals surface area contributed by atoms with E-state index < -0.39 is 0 Å². The molecule has 0 aliphatic heterocycles. The molecular weight excluding hydrogens is 128 g/mol. The second-order valence-electron chi connectivity index (χ2n) is 2.73. The summed E-state index contributed by atoms with van der Waals surface area (Å²) in [5.41, 5.74) is 0. The van der Waals surface area contributed by atoms with E-state index in [1.54, 1.807) is 5.25 Å². The van der Waals surface area contributed by atoms with Crippen molar-refractivity contribution in [3.8, 4) is 0 Å². The van der Waals surface area contributed by atoms with Crippen LogP contribution in [0.1, 0.15) is 39.5 Å². The van der Waals surface area contributed by atoms with Crippen LogP contribution in [-0.4, -0.2) is 5.25 Å². The molecular formula is C8H15S. The van der Waals surface area contributed by atoms with E-state index in [4.69, 9.17) is 0 Å². The molecule has 53 valence electrons. The Bertz CT molecular complexity index is 73.9. The number of hydrogen-bond acceptors (Lipinski definition) is 1. The first-order valence-electron chi connectivity index (χ1n) is 3.82. The molecule has 0 N–H and O–H groups in total. The Labute approximate surface area is 62.4 Å².